The summed E-state index contributed by atoms with van der Waals surface area (Å²) in [7, 11) is 2.91. The second-order valence-corrected chi connectivity index (χ2v) is 7.17. The van der Waals surface area contributed by atoms with Gasteiger partial charge in [-0.2, -0.15) is 0 Å². The summed E-state index contributed by atoms with van der Waals surface area (Å²) in [4.78, 5) is 27.4. The maximum atomic E-state index is 12.7. The van der Waals surface area contributed by atoms with E-state index in [1.54, 1.807) is 13.8 Å². The van der Waals surface area contributed by atoms with Crippen LogP contribution in [-0.4, -0.2) is 59.6 Å². The lowest BCUT2D eigenvalue weighted by molar-refractivity contribution is -0.200. The first-order valence-electron chi connectivity index (χ1n) is 8.82. The molecular weight excluding hydrogens is 372 g/mol. The molecule has 0 aliphatic carbocycles. The Hall–Kier alpha value is -2.40. The van der Waals surface area contributed by atoms with E-state index in [0.29, 0.717) is 17.0 Å². The SMILES string of the molecule is COc1cc2c(=O)[nH]c(=O)n([C@@H]3O[C@H](CO)[C@H]4OC(C)(C)O[C@@H]43)c2cc1OC. The van der Waals surface area contributed by atoms with E-state index in [4.69, 9.17) is 23.7 Å². The Morgan fingerprint density at radius 3 is 2.43 bits per heavy atom. The highest BCUT2D eigenvalue weighted by Crippen LogP contribution is 2.43. The van der Waals surface area contributed by atoms with Crippen LogP contribution in [0.5, 0.6) is 11.5 Å². The van der Waals surface area contributed by atoms with Gasteiger partial charge in [-0.3, -0.25) is 14.3 Å². The molecule has 0 saturated carbocycles. The molecule has 0 spiro atoms. The zero-order chi connectivity index (χ0) is 20.2. The average molecular weight is 394 g/mol. The molecule has 2 aliphatic rings. The van der Waals surface area contributed by atoms with Gasteiger partial charge in [-0.25, -0.2) is 4.79 Å². The van der Waals surface area contributed by atoms with Gasteiger partial charge in [0.2, 0.25) is 0 Å². The number of aromatic amines is 1. The topological polar surface area (TPSA) is 121 Å². The van der Waals surface area contributed by atoms with Gasteiger partial charge in [-0.1, -0.05) is 0 Å². The number of methoxy groups -OCH3 is 2. The van der Waals surface area contributed by atoms with E-state index >= 15 is 0 Å². The molecule has 2 N–H and O–H groups in total. The summed E-state index contributed by atoms with van der Waals surface area (Å²) >= 11 is 0. The summed E-state index contributed by atoms with van der Waals surface area (Å²) in [6, 6.07) is 3.03. The van der Waals surface area contributed by atoms with Crippen LogP contribution in [0.4, 0.5) is 0 Å². The molecule has 4 rings (SSSR count). The van der Waals surface area contributed by atoms with Crippen molar-refractivity contribution in [2.75, 3.05) is 20.8 Å². The number of fused-ring (bicyclic) bond motifs is 2. The van der Waals surface area contributed by atoms with E-state index in [0.717, 1.165) is 0 Å². The van der Waals surface area contributed by atoms with Crippen molar-refractivity contribution in [2.45, 2.75) is 44.2 Å². The largest absolute Gasteiger partial charge is 0.493 e. The molecule has 0 bridgehead atoms. The molecule has 2 aliphatic heterocycles. The second kappa shape index (κ2) is 6.59. The van der Waals surface area contributed by atoms with Gasteiger partial charge in [-0.05, 0) is 19.9 Å². The van der Waals surface area contributed by atoms with Crippen LogP contribution >= 0.6 is 0 Å². The standard InChI is InChI=1S/C18H22N2O8/c1-18(2)27-13-12(7-21)26-16(14(13)28-18)20-9-6-11(25-4)10(24-3)5-8(9)15(22)19-17(20)23/h5-6,12-14,16,21H,7H2,1-4H3,(H,19,22,23)/t12-,13-,14+,16-/m1/s1. The van der Waals surface area contributed by atoms with E-state index < -0.39 is 41.6 Å². The van der Waals surface area contributed by atoms with Crippen molar-refractivity contribution in [3.63, 3.8) is 0 Å². The minimum Gasteiger partial charge on any atom is -0.493 e. The summed E-state index contributed by atoms with van der Waals surface area (Å²) in [5, 5.41) is 9.91. The van der Waals surface area contributed by atoms with Crippen LogP contribution in [0.1, 0.15) is 20.1 Å². The molecule has 1 aromatic carbocycles. The summed E-state index contributed by atoms with van der Waals surface area (Å²) < 4.78 is 29.5. The Labute approximate surface area is 159 Å². The predicted molar refractivity (Wildman–Crippen MR) is 96.8 cm³/mol. The molecule has 28 heavy (non-hydrogen) atoms. The molecule has 2 saturated heterocycles. The highest BCUT2D eigenvalue weighted by Gasteiger charge is 2.56. The average Bonchev–Trinajstić information content (AvgIpc) is 3.14. The van der Waals surface area contributed by atoms with Gasteiger partial charge >= 0.3 is 5.69 Å². The third-order valence-electron chi connectivity index (χ3n) is 5.01. The Morgan fingerprint density at radius 2 is 1.79 bits per heavy atom. The summed E-state index contributed by atoms with van der Waals surface area (Å²) in [6.45, 7) is 3.20. The zero-order valence-electron chi connectivity index (χ0n) is 15.9. The first-order valence-corrected chi connectivity index (χ1v) is 8.82. The lowest BCUT2D eigenvalue weighted by atomic mass is 10.1. The molecule has 152 valence electrons. The van der Waals surface area contributed by atoms with Gasteiger partial charge < -0.3 is 28.8 Å². The number of H-pyrrole nitrogens is 1. The molecular formula is C18H22N2O8. The highest BCUT2D eigenvalue weighted by molar-refractivity contribution is 5.82. The summed E-state index contributed by atoms with van der Waals surface area (Å²) in [6.07, 6.45) is -2.79. The number of nitrogens with one attached hydrogen (secondary N) is 1. The lowest BCUT2D eigenvalue weighted by Crippen LogP contribution is -2.38. The van der Waals surface area contributed by atoms with Gasteiger partial charge in [0, 0.05) is 6.07 Å². The number of aliphatic hydroxyl groups excluding tert-OH is 1. The molecule has 4 atom stereocenters. The predicted octanol–water partition coefficient (Wildman–Crippen LogP) is 0.117. The molecule has 3 heterocycles. The fourth-order valence-electron chi connectivity index (χ4n) is 3.85. The lowest BCUT2D eigenvalue weighted by Gasteiger charge is -2.25. The third kappa shape index (κ3) is 2.80. The highest BCUT2D eigenvalue weighted by atomic mass is 16.8. The van der Waals surface area contributed by atoms with E-state index in [1.807, 2.05) is 0 Å². The maximum Gasteiger partial charge on any atom is 0.331 e. The summed E-state index contributed by atoms with van der Waals surface area (Å²) in [5.74, 6) is -0.190. The van der Waals surface area contributed by atoms with Crippen molar-refractivity contribution in [1.82, 2.24) is 9.55 Å². The Balaban J connectivity index is 1.93. The molecule has 0 radical (unpaired) electrons. The number of ether oxygens (including phenoxy) is 5. The van der Waals surface area contributed by atoms with Crippen LogP contribution in [0, 0.1) is 0 Å². The quantitative estimate of drug-likeness (QED) is 0.750. The van der Waals surface area contributed by atoms with Gasteiger partial charge in [0.25, 0.3) is 5.56 Å². The molecule has 1 aromatic heterocycles. The van der Waals surface area contributed by atoms with Gasteiger partial charge in [0.1, 0.15) is 18.3 Å². The van der Waals surface area contributed by atoms with Gasteiger partial charge in [-0.15, -0.1) is 0 Å². The number of nitrogens with zero attached hydrogens (tertiary/aromatic N) is 1. The number of benzene rings is 1. The van der Waals surface area contributed by atoms with E-state index in [-0.39, 0.29) is 12.0 Å². The number of aromatic nitrogens is 2. The minimum absolute atomic E-state index is 0.225. The van der Waals surface area contributed by atoms with Crippen LogP contribution in [-0.2, 0) is 14.2 Å². The van der Waals surface area contributed by atoms with Crippen LogP contribution in [0.25, 0.3) is 10.9 Å². The van der Waals surface area contributed by atoms with Crippen LogP contribution in [0.2, 0.25) is 0 Å². The molecule has 10 heteroatoms. The van der Waals surface area contributed by atoms with Crippen LogP contribution in [0.3, 0.4) is 0 Å². The Morgan fingerprint density at radius 1 is 1.14 bits per heavy atom. The molecule has 10 nitrogen and oxygen atoms in total. The second-order valence-electron chi connectivity index (χ2n) is 7.17. The number of rotatable bonds is 4. The van der Waals surface area contributed by atoms with Crippen LogP contribution < -0.4 is 20.7 Å². The van der Waals surface area contributed by atoms with E-state index in [1.165, 1.54) is 30.9 Å². The molecule has 2 aromatic rings. The van der Waals surface area contributed by atoms with Crippen LogP contribution in [0.15, 0.2) is 21.7 Å². The first kappa shape index (κ1) is 18.9. The number of aliphatic hydroxyl groups is 1. The monoisotopic (exact) mass is 394 g/mol. The van der Waals surface area contributed by atoms with Crippen molar-refractivity contribution < 1.29 is 28.8 Å². The third-order valence-corrected chi connectivity index (χ3v) is 5.01. The minimum atomic E-state index is -0.908. The van der Waals surface area contributed by atoms with E-state index in [2.05, 4.69) is 4.98 Å². The van der Waals surface area contributed by atoms with Crippen molar-refractivity contribution in [2.24, 2.45) is 0 Å². The van der Waals surface area contributed by atoms with Gasteiger partial charge in [0.05, 0.1) is 31.7 Å². The van der Waals surface area contributed by atoms with Crippen molar-refractivity contribution in [1.29, 1.82) is 0 Å². The maximum absolute atomic E-state index is 12.7. The Kier molecular flexibility index (Phi) is 4.46. The molecule has 0 unspecified atom stereocenters. The first-order chi connectivity index (χ1) is 13.3. The smallest absolute Gasteiger partial charge is 0.331 e. The Bertz CT molecular complexity index is 1030. The molecule has 0 amide bonds. The summed E-state index contributed by atoms with van der Waals surface area (Å²) in [5.41, 5.74) is -0.934. The fourth-order valence-corrected chi connectivity index (χ4v) is 3.85. The van der Waals surface area contributed by atoms with E-state index in [9.17, 15) is 14.7 Å². The normalized spacial score (nSPS) is 28.5. The van der Waals surface area contributed by atoms with Gasteiger partial charge in [0.15, 0.2) is 23.5 Å². The molecule has 2 fully saturated rings. The zero-order valence-corrected chi connectivity index (χ0v) is 15.9. The number of hydrogen-bond donors (Lipinski definition) is 2. The number of hydrogen-bond acceptors (Lipinski definition) is 8. The van der Waals surface area contributed by atoms with Crippen molar-refractivity contribution in [3.8, 4) is 11.5 Å². The van der Waals surface area contributed by atoms with Crippen molar-refractivity contribution >= 4 is 10.9 Å². The van der Waals surface area contributed by atoms with Crippen molar-refractivity contribution in [3.05, 3.63) is 33.0 Å². The fraction of sp³-hybridized carbons (Fsp3) is 0.556.